The number of tetrazole rings is 1. The Bertz CT molecular complexity index is 620. The molecule has 0 spiro atoms. The molecule has 0 saturated carbocycles. The Morgan fingerprint density at radius 1 is 1.13 bits per heavy atom. The van der Waals surface area contributed by atoms with Gasteiger partial charge in [0, 0.05) is 5.56 Å². The van der Waals surface area contributed by atoms with Crippen molar-refractivity contribution in [2.24, 2.45) is 5.92 Å². The van der Waals surface area contributed by atoms with Crippen LogP contribution in [0.5, 0.6) is 0 Å². The number of hydrogen-bond acceptors (Lipinski definition) is 3. The van der Waals surface area contributed by atoms with Gasteiger partial charge < -0.3 is 4.90 Å². The highest BCUT2D eigenvalue weighted by Gasteiger charge is 2.35. The third-order valence-electron chi connectivity index (χ3n) is 4.84. The molecule has 0 amide bonds. The molecule has 5 nitrogen and oxygen atoms in total. The lowest BCUT2D eigenvalue weighted by Crippen LogP contribution is -3.13. The molecule has 1 atom stereocenters. The Morgan fingerprint density at radius 2 is 1.78 bits per heavy atom. The number of nitrogens with zero attached hydrogens (tertiary/aromatic N) is 4. The van der Waals surface area contributed by atoms with Gasteiger partial charge in [-0.3, -0.25) is 0 Å². The van der Waals surface area contributed by atoms with Crippen molar-refractivity contribution >= 4 is 0 Å². The average Bonchev–Trinajstić information content (AvgIpc) is 3.00. The van der Waals surface area contributed by atoms with Gasteiger partial charge in [-0.1, -0.05) is 37.3 Å². The second-order valence-electron chi connectivity index (χ2n) is 7.80. The fourth-order valence-electron chi connectivity index (χ4n) is 3.49. The molecule has 1 fully saturated rings. The highest BCUT2D eigenvalue weighted by molar-refractivity contribution is 5.22. The van der Waals surface area contributed by atoms with Gasteiger partial charge in [-0.05, 0) is 50.0 Å². The number of rotatable bonds is 3. The van der Waals surface area contributed by atoms with Gasteiger partial charge in [-0.25, -0.2) is 4.68 Å². The predicted octanol–water partition coefficient (Wildman–Crippen LogP) is 1.83. The second kappa shape index (κ2) is 6.40. The SMILES string of the molecule is CC1CC[NH+]([C@@H](c2ccccc2)c2nnnn2C(C)(C)C)CC1. The van der Waals surface area contributed by atoms with Crippen molar-refractivity contribution < 1.29 is 4.90 Å². The summed E-state index contributed by atoms with van der Waals surface area (Å²) in [6.45, 7) is 11.2. The van der Waals surface area contributed by atoms with Crippen molar-refractivity contribution in [1.82, 2.24) is 20.2 Å². The van der Waals surface area contributed by atoms with E-state index in [0.29, 0.717) is 0 Å². The summed E-state index contributed by atoms with van der Waals surface area (Å²) in [6, 6.07) is 10.9. The first-order valence-corrected chi connectivity index (χ1v) is 8.65. The van der Waals surface area contributed by atoms with E-state index in [1.54, 1.807) is 4.90 Å². The van der Waals surface area contributed by atoms with Crippen LogP contribution in [-0.4, -0.2) is 33.3 Å². The molecule has 0 unspecified atom stereocenters. The lowest BCUT2D eigenvalue weighted by atomic mass is 9.95. The summed E-state index contributed by atoms with van der Waals surface area (Å²) in [5.74, 6) is 1.81. The predicted molar refractivity (Wildman–Crippen MR) is 90.2 cm³/mol. The van der Waals surface area contributed by atoms with Crippen molar-refractivity contribution in [3.63, 3.8) is 0 Å². The number of benzene rings is 1. The number of nitrogens with one attached hydrogen (secondary N) is 1. The summed E-state index contributed by atoms with van der Waals surface area (Å²) < 4.78 is 2.00. The first-order chi connectivity index (χ1) is 11.0. The Balaban J connectivity index is 2.01. The minimum atomic E-state index is -0.117. The quantitative estimate of drug-likeness (QED) is 0.940. The molecule has 124 valence electrons. The van der Waals surface area contributed by atoms with E-state index in [1.165, 1.54) is 31.5 Å². The van der Waals surface area contributed by atoms with E-state index >= 15 is 0 Å². The van der Waals surface area contributed by atoms with Gasteiger partial charge in [0.05, 0.1) is 18.6 Å². The molecule has 1 N–H and O–H groups in total. The smallest absolute Gasteiger partial charge is 0.214 e. The fourth-order valence-corrected chi connectivity index (χ4v) is 3.49. The largest absolute Gasteiger partial charge is 0.322 e. The molecular formula is C18H28N5+. The van der Waals surface area contributed by atoms with Gasteiger partial charge >= 0.3 is 0 Å². The molecule has 0 radical (unpaired) electrons. The molecular weight excluding hydrogens is 286 g/mol. The Hall–Kier alpha value is -1.75. The lowest BCUT2D eigenvalue weighted by Gasteiger charge is -2.34. The molecule has 1 aliphatic rings. The lowest BCUT2D eigenvalue weighted by molar-refractivity contribution is -0.932. The summed E-state index contributed by atoms with van der Waals surface area (Å²) in [7, 11) is 0. The highest BCUT2D eigenvalue weighted by atomic mass is 15.6. The molecule has 1 aromatic heterocycles. The summed E-state index contributed by atoms with van der Waals surface area (Å²) in [5, 5.41) is 12.7. The molecule has 23 heavy (non-hydrogen) atoms. The Kier molecular flexibility index (Phi) is 4.48. The van der Waals surface area contributed by atoms with E-state index in [4.69, 9.17) is 0 Å². The maximum absolute atomic E-state index is 4.43. The minimum Gasteiger partial charge on any atom is -0.322 e. The average molecular weight is 314 g/mol. The van der Waals surface area contributed by atoms with Crippen LogP contribution in [0.3, 0.4) is 0 Å². The van der Waals surface area contributed by atoms with Crippen LogP contribution < -0.4 is 4.90 Å². The maximum Gasteiger partial charge on any atom is 0.214 e. The fraction of sp³-hybridized carbons (Fsp3) is 0.611. The van der Waals surface area contributed by atoms with Gasteiger partial charge in [-0.15, -0.1) is 5.10 Å². The van der Waals surface area contributed by atoms with Gasteiger partial charge in [0.15, 0.2) is 6.04 Å². The van der Waals surface area contributed by atoms with Crippen LogP contribution in [0.15, 0.2) is 30.3 Å². The van der Waals surface area contributed by atoms with E-state index in [1.807, 2.05) is 4.68 Å². The van der Waals surface area contributed by atoms with E-state index in [2.05, 4.69) is 73.6 Å². The number of hydrogen-bond donors (Lipinski definition) is 1. The number of likely N-dealkylation sites (tertiary alicyclic amines) is 1. The molecule has 1 aliphatic heterocycles. The summed E-state index contributed by atoms with van der Waals surface area (Å²) >= 11 is 0. The summed E-state index contributed by atoms with van der Waals surface area (Å²) in [6.07, 6.45) is 2.55. The normalized spacial score (nSPS) is 23.7. The minimum absolute atomic E-state index is 0.117. The Morgan fingerprint density at radius 3 is 2.39 bits per heavy atom. The zero-order valence-electron chi connectivity index (χ0n) is 14.7. The first-order valence-electron chi connectivity index (χ1n) is 8.65. The van der Waals surface area contributed by atoms with E-state index in [9.17, 15) is 0 Å². The van der Waals surface area contributed by atoms with Crippen LogP contribution in [-0.2, 0) is 5.54 Å². The molecule has 2 heterocycles. The third kappa shape index (κ3) is 3.44. The van der Waals surface area contributed by atoms with Crippen LogP contribution in [0.4, 0.5) is 0 Å². The van der Waals surface area contributed by atoms with Crippen molar-refractivity contribution in [3.05, 3.63) is 41.7 Å². The van der Waals surface area contributed by atoms with Crippen molar-refractivity contribution in [2.75, 3.05) is 13.1 Å². The summed E-state index contributed by atoms with van der Waals surface area (Å²) in [4.78, 5) is 1.58. The zero-order valence-corrected chi connectivity index (χ0v) is 14.7. The van der Waals surface area contributed by atoms with Crippen LogP contribution in [0.2, 0.25) is 0 Å². The van der Waals surface area contributed by atoms with Crippen LogP contribution >= 0.6 is 0 Å². The topological polar surface area (TPSA) is 48.0 Å². The van der Waals surface area contributed by atoms with Crippen molar-refractivity contribution in [1.29, 1.82) is 0 Å². The molecule has 3 rings (SSSR count). The molecule has 1 saturated heterocycles. The molecule has 2 aromatic rings. The second-order valence-corrected chi connectivity index (χ2v) is 7.80. The number of quaternary nitrogens is 1. The van der Waals surface area contributed by atoms with E-state index in [-0.39, 0.29) is 11.6 Å². The standard InChI is InChI=1S/C18H27N5/c1-14-10-12-22(13-11-14)16(15-8-6-5-7-9-15)17-19-20-21-23(17)18(2,3)4/h5-9,14,16H,10-13H2,1-4H3/p+1/t16-/m0/s1. The first kappa shape index (κ1) is 16.1. The number of aromatic nitrogens is 4. The van der Waals surface area contributed by atoms with E-state index in [0.717, 1.165) is 11.7 Å². The van der Waals surface area contributed by atoms with Crippen LogP contribution in [0, 0.1) is 5.92 Å². The van der Waals surface area contributed by atoms with Gasteiger partial charge in [0.1, 0.15) is 0 Å². The van der Waals surface area contributed by atoms with E-state index < -0.39 is 0 Å². The molecule has 5 heteroatoms. The monoisotopic (exact) mass is 314 g/mol. The van der Waals surface area contributed by atoms with Gasteiger partial charge in [-0.2, -0.15) is 0 Å². The molecule has 1 aromatic carbocycles. The zero-order chi connectivity index (χ0) is 16.4. The van der Waals surface area contributed by atoms with Gasteiger partial charge in [0.25, 0.3) is 0 Å². The summed E-state index contributed by atoms with van der Waals surface area (Å²) in [5.41, 5.74) is 1.19. The highest BCUT2D eigenvalue weighted by Crippen LogP contribution is 2.23. The third-order valence-corrected chi connectivity index (χ3v) is 4.84. The number of piperidine rings is 1. The van der Waals surface area contributed by atoms with Crippen molar-refractivity contribution in [2.45, 2.75) is 52.1 Å². The van der Waals surface area contributed by atoms with Crippen LogP contribution in [0.25, 0.3) is 0 Å². The molecule has 0 bridgehead atoms. The van der Waals surface area contributed by atoms with Gasteiger partial charge in [0.2, 0.25) is 5.82 Å². The van der Waals surface area contributed by atoms with Crippen molar-refractivity contribution in [3.8, 4) is 0 Å². The van der Waals surface area contributed by atoms with Crippen LogP contribution in [0.1, 0.15) is 58.0 Å². The molecule has 0 aliphatic carbocycles. The Labute approximate surface area is 138 Å². The maximum atomic E-state index is 4.43.